The maximum Gasteiger partial charge on any atom is 0.490 e. The van der Waals surface area contributed by atoms with Crippen molar-refractivity contribution in [1.82, 2.24) is 20.0 Å². The van der Waals surface area contributed by atoms with Crippen molar-refractivity contribution >= 4 is 33.8 Å². The van der Waals surface area contributed by atoms with Crippen LogP contribution in [0.5, 0.6) is 5.75 Å². The third kappa shape index (κ3) is 11.5. The second-order valence-corrected chi connectivity index (χ2v) is 9.42. The SMILES string of the molecule is O=C(NCC(NS(=O)(=O)c1ccccc1)C(=O)O)c1ccc(OCCNc2ncccn2)cc1.O=C(O)C(F)(F)F. The predicted octanol–water partition coefficient (Wildman–Crippen LogP) is 1.76. The summed E-state index contributed by atoms with van der Waals surface area (Å²) in [7, 11) is -4.06. The number of nitrogens with one attached hydrogen (secondary N) is 3. The number of ether oxygens (including phenoxy) is 1. The number of carbonyl (C=O) groups excluding carboxylic acids is 1. The molecule has 0 saturated carbocycles. The first-order valence-corrected chi connectivity index (χ1v) is 12.9. The van der Waals surface area contributed by atoms with Crippen molar-refractivity contribution in [2.24, 2.45) is 0 Å². The summed E-state index contributed by atoms with van der Waals surface area (Å²) in [6.45, 7) is 0.374. The molecular formula is C24H24F3N5O8S. The Morgan fingerprint density at radius 3 is 2.05 bits per heavy atom. The van der Waals surface area contributed by atoms with Gasteiger partial charge in [0, 0.05) is 24.5 Å². The lowest BCUT2D eigenvalue weighted by Gasteiger charge is -2.16. The van der Waals surface area contributed by atoms with Gasteiger partial charge in [-0.15, -0.1) is 0 Å². The Morgan fingerprint density at radius 1 is 0.927 bits per heavy atom. The summed E-state index contributed by atoms with van der Waals surface area (Å²) in [5.41, 5.74) is 0.262. The van der Waals surface area contributed by atoms with Crippen molar-refractivity contribution in [2.75, 3.05) is 25.0 Å². The van der Waals surface area contributed by atoms with Gasteiger partial charge in [0.15, 0.2) is 0 Å². The molecule has 2 aromatic carbocycles. The lowest BCUT2D eigenvalue weighted by Crippen LogP contribution is -2.48. The molecule has 0 radical (unpaired) electrons. The van der Waals surface area contributed by atoms with E-state index in [1.807, 2.05) is 0 Å². The van der Waals surface area contributed by atoms with Crippen LogP contribution in [0.1, 0.15) is 10.4 Å². The number of hydrogen-bond acceptors (Lipinski definition) is 9. The van der Waals surface area contributed by atoms with Gasteiger partial charge < -0.3 is 25.6 Å². The highest BCUT2D eigenvalue weighted by atomic mass is 32.2. The van der Waals surface area contributed by atoms with E-state index in [1.165, 1.54) is 36.4 Å². The molecule has 1 atom stereocenters. The van der Waals surface area contributed by atoms with Gasteiger partial charge in [-0.3, -0.25) is 9.59 Å². The van der Waals surface area contributed by atoms with Crippen molar-refractivity contribution in [1.29, 1.82) is 0 Å². The Balaban J connectivity index is 0.000000745. The Bertz CT molecular complexity index is 1390. The number of anilines is 1. The maximum atomic E-state index is 12.4. The summed E-state index contributed by atoms with van der Waals surface area (Å²) in [6.07, 6.45) is -1.84. The molecule has 0 aliphatic heterocycles. The number of rotatable bonds is 12. The highest BCUT2D eigenvalue weighted by molar-refractivity contribution is 7.89. The number of benzene rings is 2. The number of carbonyl (C=O) groups is 3. The fourth-order valence-corrected chi connectivity index (χ4v) is 3.97. The van der Waals surface area contributed by atoms with Gasteiger partial charge in [0.05, 0.1) is 11.4 Å². The smallest absolute Gasteiger partial charge is 0.490 e. The minimum Gasteiger partial charge on any atom is -0.492 e. The first-order chi connectivity index (χ1) is 19.3. The molecule has 0 bridgehead atoms. The molecule has 1 aromatic heterocycles. The quantitative estimate of drug-likeness (QED) is 0.190. The van der Waals surface area contributed by atoms with Crippen LogP contribution in [0.25, 0.3) is 0 Å². The van der Waals surface area contributed by atoms with E-state index >= 15 is 0 Å². The van der Waals surface area contributed by atoms with E-state index in [1.54, 1.807) is 36.7 Å². The van der Waals surface area contributed by atoms with E-state index < -0.39 is 46.6 Å². The first kappa shape index (κ1) is 32.4. The fourth-order valence-electron chi connectivity index (χ4n) is 2.76. The Hall–Kier alpha value is -4.77. The third-order valence-corrected chi connectivity index (χ3v) is 6.18. The molecule has 0 saturated heterocycles. The molecule has 3 rings (SSSR count). The molecule has 17 heteroatoms. The van der Waals surface area contributed by atoms with Crippen molar-refractivity contribution in [3.63, 3.8) is 0 Å². The third-order valence-electron chi connectivity index (χ3n) is 4.69. The van der Waals surface area contributed by atoms with E-state index in [0.29, 0.717) is 24.8 Å². The van der Waals surface area contributed by atoms with Crippen LogP contribution in [0.2, 0.25) is 0 Å². The Kier molecular flexibility index (Phi) is 12.0. The number of nitrogens with zero attached hydrogens (tertiary/aromatic N) is 2. The minimum absolute atomic E-state index is 0.0744. The first-order valence-electron chi connectivity index (χ1n) is 11.4. The van der Waals surface area contributed by atoms with Crippen LogP contribution in [0, 0.1) is 0 Å². The molecule has 5 N–H and O–H groups in total. The number of carboxylic acids is 2. The van der Waals surface area contributed by atoms with Crippen LogP contribution < -0.4 is 20.1 Å². The normalized spacial score (nSPS) is 11.8. The van der Waals surface area contributed by atoms with E-state index in [2.05, 4.69) is 25.3 Å². The molecule has 3 aromatic rings. The average molecular weight is 600 g/mol. The molecule has 1 amide bonds. The number of amides is 1. The molecule has 0 aliphatic carbocycles. The Labute approximate surface area is 231 Å². The van der Waals surface area contributed by atoms with E-state index in [9.17, 15) is 36.3 Å². The van der Waals surface area contributed by atoms with Gasteiger partial charge in [-0.1, -0.05) is 18.2 Å². The standard InChI is InChI=1S/C22H23N5O6S.C2HF3O2/c28-20(26-15-19(21(29)30)27-34(31,32)18-5-2-1-3-6-18)16-7-9-17(10-8-16)33-14-13-25-22-23-11-4-12-24-22;3-2(4,5)1(6)7/h1-12,19,27H,13-15H2,(H,26,28)(H,29,30)(H,23,24,25);(H,6,7). The van der Waals surface area contributed by atoms with Crippen molar-refractivity contribution < 1.29 is 50.9 Å². The molecule has 0 aliphatic rings. The summed E-state index contributed by atoms with van der Waals surface area (Å²) >= 11 is 0. The summed E-state index contributed by atoms with van der Waals surface area (Å²) < 4.78 is 64.2. The Morgan fingerprint density at radius 2 is 1.51 bits per heavy atom. The lowest BCUT2D eigenvalue weighted by molar-refractivity contribution is -0.192. The van der Waals surface area contributed by atoms with Gasteiger partial charge in [-0.2, -0.15) is 17.9 Å². The molecule has 13 nitrogen and oxygen atoms in total. The zero-order valence-corrected chi connectivity index (χ0v) is 21.7. The fraction of sp³-hybridized carbons (Fsp3) is 0.208. The number of aromatic nitrogens is 2. The van der Waals surface area contributed by atoms with Crippen LogP contribution in [0.15, 0.2) is 78.0 Å². The number of aliphatic carboxylic acids is 2. The second-order valence-electron chi connectivity index (χ2n) is 7.71. The highest BCUT2D eigenvalue weighted by Crippen LogP contribution is 2.14. The molecule has 1 heterocycles. The van der Waals surface area contributed by atoms with Crippen LogP contribution >= 0.6 is 0 Å². The largest absolute Gasteiger partial charge is 0.492 e. The van der Waals surface area contributed by atoms with Crippen molar-refractivity contribution in [3.8, 4) is 5.75 Å². The topological polar surface area (TPSA) is 197 Å². The molecule has 220 valence electrons. The number of carboxylic acid groups (broad SMARTS) is 2. The number of alkyl halides is 3. The van der Waals surface area contributed by atoms with Crippen molar-refractivity contribution in [3.05, 3.63) is 78.6 Å². The molecule has 0 spiro atoms. The van der Waals surface area contributed by atoms with Gasteiger partial charge in [0.25, 0.3) is 5.91 Å². The van der Waals surface area contributed by atoms with Crippen LogP contribution in [-0.2, 0) is 19.6 Å². The molecule has 41 heavy (non-hydrogen) atoms. The minimum atomic E-state index is -5.08. The average Bonchev–Trinajstić information content (AvgIpc) is 2.94. The second kappa shape index (κ2) is 15.1. The number of sulfonamides is 1. The van der Waals surface area contributed by atoms with E-state index in [-0.39, 0.29) is 10.5 Å². The van der Waals surface area contributed by atoms with Crippen LogP contribution in [0.3, 0.4) is 0 Å². The highest BCUT2D eigenvalue weighted by Gasteiger charge is 2.38. The van der Waals surface area contributed by atoms with Gasteiger partial charge in [0.1, 0.15) is 18.4 Å². The van der Waals surface area contributed by atoms with Crippen LogP contribution in [-0.4, -0.2) is 78.4 Å². The van der Waals surface area contributed by atoms with Gasteiger partial charge in [0.2, 0.25) is 16.0 Å². The summed E-state index contributed by atoms with van der Waals surface area (Å²) in [5, 5.41) is 21.9. The predicted molar refractivity (Wildman–Crippen MR) is 137 cm³/mol. The van der Waals surface area contributed by atoms with Gasteiger partial charge >= 0.3 is 18.1 Å². The van der Waals surface area contributed by atoms with Crippen LogP contribution in [0.4, 0.5) is 19.1 Å². The monoisotopic (exact) mass is 599 g/mol. The lowest BCUT2D eigenvalue weighted by atomic mass is 10.2. The summed E-state index contributed by atoms with van der Waals surface area (Å²) in [4.78, 5) is 40.8. The molecule has 1 unspecified atom stereocenters. The molecular weight excluding hydrogens is 575 g/mol. The van der Waals surface area contributed by atoms with Gasteiger partial charge in [-0.25, -0.2) is 23.2 Å². The maximum absolute atomic E-state index is 12.4. The number of hydrogen-bond donors (Lipinski definition) is 5. The van der Waals surface area contributed by atoms with E-state index in [0.717, 1.165) is 0 Å². The molecule has 0 fully saturated rings. The van der Waals surface area contributed by atoms with Gasteiger partial charge in [-0.05, 0) is 42.5 Å². The summed E-state index contributed by atoms with van der Waals surface area (Å²) in [6, 6.07) is 13.8. The zero-order valence-electron chi connectivity index (χ0n) is 20.9. The van der Waals surface area contributed by atoms with E-state index in [4.69, 9.17) is 14.6 Å². The zero-order chi connectivity index (χ0) is 30.5. The summed E-state index contributed by atoms with van der Waals surface area (Å²) in [5.74, 6) is -3.71. The number of halogens is 3. The van der Waals surface area contributed by atoms with Crippen molar-refractivity contribution in [2.45, 2.75) is 17.1 Å².